The van der Waals surface area contributed by atoms with E-state index in [1.807, 2.05) is 29.7 Å². The number of carbonyl (C=O) groups is 1. The maximum absolute atomic E-state index is 11.7. The molecule has 0 fully saturated rings. The second-order valence-electron chi connectivity index (χ2n) is 4.07. The van der Waals surface area contributed by atoms with E-state index < -0.39 is 5.97 Å². The quantitative estimate of drug-likeness (QED) is 0.626. The second kappa shape index (κ2) is 5.56. The Hall–Kier alpha value is -2.30. The van der Waals surface area contributed by atoms with Gasteiger partial charge in [-0.1, -0.05) is 0 Å². The Balaban J connectivity index is 2.44. The van der Waals surface area contributed by atoms with Gasteiger partial charge in [0.1, 0.15) is 5.65 Å². The highest BCUT2D eigenvalue weighted by Crippen LogP contribution is 2.15. The predicted octanol–water partition coefficient (Wildman–Crippen LogP) is 2.44. The molecule has 2 aromatic heterocycles. The Bertz CT molecular complexity index is 629. The van der Waals surface area contributed by atoms with Crippen LogP contribution < -0.4 is 0 Å². The van der Waals surface area contributed by atoms with Gasteiger partial charge in [0, 0.05) is 12.4 Å². The molecule has 0 spiro atoms. The molecular formula is C14H16N2O3. The van der Waals surface area contributed by atoms with Crippen LogP contribution in [0.2, 0.25) is 0 Å². The van der Waals surface area contributed by atoms with Crippen molar-refractivity contribution in [1.29, 1.82) is 0 Å². The van der Waals surface area contributed by atoms with Crippen LogP contribution in [0.5, 0.6) is 0 Å². The van der Waals surface area contributed by atoms with Gasteiger partial charge in [-0.15, -0.1) is 0 Å². The van der Waals surface area contributed by atoms with E-state index in [-0.39, 0.29) is 0 Å². The first kappa shape index (κ1) is 13.1. The summed E-state index contributed by atoms with van der Waals surface area (Å²) in [4.78, 5) is 15.9. The van der Waals surface area contributed by atoms with Gasteiger partial charge in [-0.2, -0.15) is 0 Å². The van der Waals surface area contributed by atoms with Gasteiger partial charge >= 0.3 is 5.97 Å². The van der Waals surface area contributed by atoms with E-state index in [4.69, 9.17) is 9.47 Å². The van der Waals surface area contributed by atoms with Crippen LogP contribution in [0.15, 0.2) is 24.7 Å². The molecule has 0 atom stereocenters. The number of aryl methyl sites for hydroxylation is 1. The number of pyridine rings is 1. The minimum absolute atomic E-state index is 0.317. The molecule has 0 aliphatic rings. The number of ether oxygens (including phenoxy) is 2. The average Bonchev–Trinajstić information content (AvgIpc) is 2.81. The van der Waals surface area contributed by atoms with Crippen molar-refractivity contribution in [1.82, 2.24) is 9.38 Å². The standard InChI is InChI=1S/C14H16N2O3/c1-4-19-14(17)12-9-16-8-11(5-6-18-3)7-10(2)13(16)15-12/h5-9H,4H2,1-3H3/b6-5+. The van der Waals surface area contributed by atoms with Crippen LogP contribution in [0.3, 0.4) is 0 Å². The van der Waals surface area contributed by atoms with E-state index in [9.17, 15) is 4.79 Å². The van der Waals surface area contributed by atoms with Gasteiger partial charge in [0.25, 0.3) is 0 Å². The summed E-state index contributed by atoms with van der Waals surface area (Å²) in [7, 11) is 1.60. The molecule has 0 saturated carbocycles. The average molecular weight is 260 g/mol. The Morgan fingerprint density at radius 3 is 2.95 bits per heavy atom. The number of esters is 1. The van der Waals surface area contributed by atoms with Gasteiger partial charge in [-0.05, 0) is 37.1 Å². The van der Waals surface area contributed by atoms with E-state index in [1.54, 1.807) is 26.5 Å². The summed E-state index contributed by atoms with van der Waals surface area (Å²) in [5, 5.41) is 0. The van der Waals surface area contributed by atoms with Crippen LogP contribution in [0.25, 0.3) is 11.7 Å². The SMILES string of the molecule is CCOC(=O)c1cn2cc(/C=C/OC)cc(C)c2n1. The number of rotatable bonds is 4. The largest absolute Gasteiger partial charge is 0.504 e. The number of nitrogens with zero attached hydrogens (tertiary/aromatic N) is 2. The number of methoxy groups -OCH3 is 1. The zero-order valence-corrected chi connectivity index (χ0v) is 11.2. The molecule has 0 bridgehead atoms. The molecule has 2 heterocycles. The molecule has 0 saturated heterocycles. The summed E-state index contributed by atoms with van der Waals surface area (Å²) in [5.41, 5.74) is 3.02. The molecule has 0 aliphatic heterocycles. The summed E-state index contributed by atoms with van der Waals surface area (Å²) in [5.74, 6) is -0.403. The lowest BCUT2D eigenvalue weighted by Gasteiger charge is -2.00. The van der Waals surface area contributed by atoms with Gasteiger partial charge in [0.2, 0.25) is 0 Å². The minimum Gasteiger partial charge on any atom is -0.504 e. The molecule has 0 N–H and O–H groups in total. The first-order chi connectivity index (χ1) is 9.15. The molecule has 0 amide bonds. The number of carbonyl (C=O) groups excluding carboxylic acids is 1. The molecular weight excluding hydrogens is 244 g/mol. The highest BCUT2D eigenvalue weighted by Gasteiger charge is 2.12. The van der Waals surface area contributed by atoms with Crippen molar-refractivity contribution in [3.05, 3.63) is 41.5 Å². The minimum atomic E-state index is -0.403. The smallest absolute Gasteiger partial charge is 0.358 e. The third kappa shape index (κ3) is 2.76. The van der Waals surface area contributed by atoms with Crippen molar-refractivity contribution in [2.24, 2.45) is 0 Å². The third-order valence-electron chi connectivity index (χ3n) is 2.64. The first-order valence-electron chi connectivity index (χ1n) is 6.01. The number of hydrogen-bond donors (Lipinski definition) is 0. The zero-order chi connectivity index (χ0) is 13.8. The Morgan fingerprint density at radius 2 is 2.26 bits per heavy atom. The van der Waals surface area contributed by atoms with Crippen LogP contribution in [0, 0.1) is 6.92 Å². The number of imidazole rings is 1. The molecule has 5 nitrogen and oxygen atoms in total. The van der Waals surface area contributed by atoms with E-state index in [1.165, 1.54) is 0 Å². The van der Waals surface area contributed by atoms with Crippen LogP contribution in [-0.4, -0.2) is 29.1 Å². The number of aromatic nitrogens is 2. The van der Waals surface area contributed by atoms with E-state index in [0.29, 0.717) is 12.3 Å². The van der Waals surface area contributed by atoms with Gasteiger partial charge in [-0.25, -0.2) is 9.78 Å². The predicted molar refractivity (Wildman–Crippen MR) is 71.9 cm³/mol. The lowest BCUT2D eigenvalue weighted by atomic mass is 10.2. The monoisotopic (exact) mass is 260 g/mol. The molecule has 0 aromatic carbocycles. The number of hydrogen-bond acceptors (Lipinski definition) is 4. The topological polar surface area (TPSA) is 52.8 Å². The molecule has 100 valence electrons. The maximum Gasteiger partial charge on any atom is 0.358 e. The lowest BCUT2D eigenvalue weighted by Crippen LogP contribution is -2.04. The number of fused-ring (bicyclic) bond motifs is 1. The van der Waals surface area contributed by atoms with Gasteiger partial charge in [0.05, 0.1) is 20.0 Å². The molecule has 2 aromatic rings. The highest BCUT2D eigenvalue weighted by molar-refractivity contribution is 5.88. The van der Waals surface area contributed by atoms with Crippen LogP contribution in [0.4, 0.5) is 0 Å². The van der Waals surface area contributed by atoms with Gasteiger partial charge in [-0.3, -0.25) is 0 Å². The second-order valence-corrected chi connectivity index (χ2v) is 4.07. The van der Waals surface area contributed by atoms with Crippen molar-refractivity contribution in [3.63, 3.8) is 0 Å². The fraction of sp³-hybridized carbons (Fsp3) is 0.286. The van der Waals surface area contributed by atoms with Crippen molar-refractivity contribution >= 4 is 17.7 Å². The molecule has 2 rings (SSSR count). The molecule has 0 unspecified atom stereocenters. The lowest BCUT2D eigenvalue weighted by molar-refractivity contribution is 0.0520. The van der Waals surface area contributed by atoms with Crippen LogP contribution in [-0.2, 0) is 9.47 Å². The van der Waals surface area contributed by atoms with Gasteiger partial charge in [0.15, 0.2) is 5.69 Å². The van der Waals surface area contributed by atoms with E-state index in [2.05, 4.69) is 4.98 Å². The van der Waals surface area contributed by atoms with Crippen LogP contribution >= 0.6 is 0 Å². The van der Waals surface area contributed by atoms with Crippen molar-refractivity contribution < 1.29 is 14.3 Å². The normalized spacial score (nSPS) is 11.1. The zero-order valence-electron chi connectivity index (χ0n) is 11.2. The third-order valence-corrected chi connectivity index (χ3v) is 2.64. The highest BCUT2D eigenvalue weighted by atomic mass is 16.5. The summed E-state index contributed by atoms with van der Waals surface area (Å²) >= 11 is 0. The molecule has 0 radical (unpaired) electrons. The Kier molecular flexibility index (Phi) is 3.85. The Labute approximate surface area is 111 Å². The first-order valence-corrected chi connectivity index (χ1v) is 6.01. The Morgan fingerprint density at radius 1 is 1.47 bits per heavy atom. The summed E-state index contributed by atoms with van der Waals surface area (Å²) < 4.78 is 11.7. The summed E-state index contributed by atoms with van der Waals surface area (Å²) in [6.45, 7) is 4.06. The summed E-state index contributed by atoms with van der Waals surface area (Å²) in [6.07, 6.45) is 7.00. The fourth-order valence-electron chi connectivity index (χ4n) is 1.84. The summed E-state index contributed by atoms with van der Waals surface area (Å²) in [6, 6.07) is 1.98. The van der Waals surface area contributed by atoms with Crippen LogP contribution in [0.1, 0.15) is 28.5 Å². The fourth-order valence-corrected chi connectivity index (χ4v) is 1.84. The van der Waals surface area contributed by atoms with E-state index >= 15 is 0 Å². The van der Waals surface area contributed by atoms with E-state index in [0.717, 1.165) is 16.8 Å². The molecule has 5 heteroatoms. The van der Waals surface area contributed by atoms with Gasteiger partial charge < -0.3 is 13.9 Å². The van der Waals surface area contributed by atoms with Crippen molar-refractivity contribution in [2.75, 3.05) is 13.7 Å². The maximum atomic E-state index is 11.7. The molecule has 0 aliphatic carbocycles. The van der Waals surface area contributed by atoms with Crippen molar-refractivity contribution in [2.45, 2.75) is 13.8 Å². The molecule has 19 heavy (non-hydrogen) atoms. The van der Waals surface area contributed by atoms with Crippen molar-refractivity contribution in [3.8, 4) is 0 Å².